The van der Waals surface area contributed by atoms with Gasteiger partial charge in [0.1, 0.15) is 6.10 Å². The SMILES string of the molecule is CC1CCC(OC(=O)CON)CC1C. The van der Waals surface area contributed by atoms with E-state index in [1.54, 1.807) is 0 Å². The Morgan fingerprint density at radius 2 is 2.07 bits per heavy atom. The molecule has 0 aromatic rings. The maximum atomic E-state index is 11.1. The van der Waals surface area contributed by atoms with Crippen LogP contribution < -0.4 is 5.90 Å². The van der Waals surface area contributed by atoms with E-state index in [1.165, 1.54) is 0 Å². The highest BCUT2D eigenvalue weighted by Gasteiger charge is 2.26. The molecule has 2 N–H and O–H groups in total. The largest absolute Gasteiger partial charge is 0.461 e. The van der Waals surface area contributed by atoms with Crippen molar-refractivity contribution in [3.8, 4) is 0 Å². The van der Waals surface area contributed by atoms with Gasteiger partial charge in [-0.15, -0.1) is 0 Å². The number of esters is 1. The smallest absolute Gasteiger partial charge is 0.334 e. The Bertz CT molecular complexity index is 196. The van der Waals surface area contributed by atoms with Gasteiger partial charge in [-0.25, -0.2) is 10.7 Å². The van der Waals surface area contributed by atoms with Gasteiger partial charge in [-0.05, 0) is 31.1 Å². The third-order valence-electron chi connectivity index (χ3n) is 3.05. The van der Waals surface area contributed by atoms with Crippen molar-refractivity contribution < 1.29 is 14.4 Å². The first kappa shape index (κ1) is 11.5. The highest BCUT2D eigenvalue weighted by atomic mass is 16.6. The zero-order chi connectivity index (χ0) is 10.6. The quantitative estimate of drug-likeness (QED) is 0.551. The van der Waals surface area contributed by atoms with Gasteiger partial charge in [0, 0.05) is 0 Å². The van der Waals surface area contributed by atoms with Crippen LogP contribution >= 0.6 is 0 Å². The second-order valence-electron chi connectivity index (χ2n) is 4.19. The molecule has 3 unspecified atom stereocenters. The Kier molecular flexibility index (Phi) is 4.35. The van der Waals surface area contributed by atoms with Gasteiger partial charge in [-0.1, -0.05) is 13.8 Å². The molecule has 0 heterocycles. The Labute approximate surface area is 84.7 Å². The molecule has 4 nitrogen and oxygen atoms in total. The Morgan fingerprint density at radius 3 is 2.64 bits per heavy atom. The average Bonchev–Trinajstić information content (AvgIpc) is 2.12. The summed E-state index contributed by atoms with van der Waals surface area (Å²) in [7, 11) is 0. The molecule has 14 heavy (non-hydrogen) atoms. The summed E-state index contributed by atoms with van der Waals surface area (Å²) in [6.45, 7) is 4.29. The molecule has 1 fully saturated rings. The summed E-state index contributed by atoms with van der Waals surface area (Å²) in [5.74, 6) is 5.78. The molecule has 1 rings (SSSR count). The molecule has 4 heteroatoms. The van der Waals surface area contributed by atoms with Crippen LogP contribution in [0.1, 0.15) is 33.1 Å². The van der Waals surface area contributed by atoms with Crippen LogP contribution in [0.2, 0.25) is 0 Å². The van der Waals surface area contributed by atoms with Crippen molar-refractivity contribution in [1.82, 2.24) is 0 Å². The summed E-state index contributed by atoms with van der Waals surface area (Å²) in [5.41, 5.74) is 0. The van der Waals surface area contributed by atoms with E-state index in [0.717, 1.165) is 25.2 Å². The van der Waals surface area contributed by atoms with E-state index in [4.69, 9.17) is 10.6 Å². The highest BCUT2D eigenvalue weighted by molar-refractivity contribution is 5.70. The fraction of sp³-hybridized carbons (Fsp3) is 0.900. The summed E-state index contributed by atoms with van der Waals surface area (Å²) < 4.78 is 5.21. The molecule has 0 aliphatic heterocycles. The molecule has 0 bridgehead atoms. The van der Waals surface area contributed by atoms with Gasteiger partial charge < -0.3 is 4.74 Å². The summed E-state index contributed by atoms with van der Waals surface area (Å²) in [5, 5.41) is 0. The standard InChI is InChI=1S/C10H19NO3/c1-7-3-4-9(5-8(7)2)14-10(12)6-13-11/h7-9H,3-6,11H2,1-2H3. The fourth-order valence-corrected chi connectivity index (χ4v) is 1.89. The summed E-state index contributed by atoms with van der Waals surface area (Å²) in [6.07, 6.45) is 3.10. The molecule has 0 aromatic carbocycles. The van der Waals surface area contributed by atoms with Crippen molar-refractivity contribution in [1.29, 1.82) is 0 Å². The fourth-order valence-electron chi connectivity index (χ4n) is 1.89. The maximum absolute atomic E-state index is 11.1. The van der Waals surface area contributed by atoms with Crippen LogP contribution in [0.25, 0.3) is 0 Å². The first-order chi connectivity index (χ1) is 6.63. The Hall–Kier alpha value is -0.610. The summed E-state index contributed by atoms with van der Waals surface area (Å²) >= 11 is 0. The third kappa shape index (κ3) is 3.27. The number of nitrogens with two attached hydrogens (primary N) is 1. The van der Waals surface area contributed by atoms with Crippen molar-refractivity contribution >= 4 is 5.97 Å². The van der Waals surface area contributed by atoms with Crippen molar-refractivity contribution in [3.05, 3.63) is 0 Å². The lowest BCUT2D eigenvalue weighted by Crippen LogP contribution is -2.30. The number of hydrogen-bond acceptors (Lipinski definition) is 4. The number of ether oxygens (including phenoxy) is 1. The molecule has 0 radical (unpaired) electrons. The molecule has 82 valence electrons. The predicted molar refractivity (Wildman–Crippen MR) is 52.2 cm³/mol. The molecule has 0 saturated heterocycles. The normalized spacial score (nSPS) is 32.6. The maximum Gasteiger partial charge on any atom is 0.334 e. The van der Waals surface area contributed by atoms with Gasteiger partial charge in [0.2, 0.25) is 0 Å². The molecule has 1 saturated carbocycles. The van der Waals surface area contributed by atoms with E-state index < -0.39 is 0 Å². The van der Waals surface area contributed by atoms with Crippen LogP contribution in [0.4, 0.5) is 0 Å². The molecule has 0 spiro atoms. The van der Waals surface area contributed by atoms with Crippen molar-refractivity contribution in [2.75, 3.05) is 6.61 Å². The van der Waals surface area contributed by atoms with Gasteiger partial charge >= 0.3 is 5.97 Å². The van der Waals surface area contributed by atoms with Gasteiger partial charge in [0.25, 0.3) is 0 Å². The number of rotatable bonds is 3. The lowest BCUT2D eigenvalue weighted by molar-refractivity contribution is -0.157. The third-order valence-corrected chi connectivity index (χ3v) is 3.05. The molecule has 1 aliphatic rings. The first-order valence-corrected chi connectivity index (χ1v) is 5.14. The van der Waals surface area contributed by atoms with E-state index in [1.807, 2.05) is 0 Å². The predicted octanol–water partition coefficient (Wildman–Crippen LogP) is 1.24. The van der Waals surface area contributed by atoms with E-state index in [9.17, 15) is 4.79 Å². The van der Waals surface area contributed by atoms with Crippen LogP contribution in [0, 0.1) is 11.8 Å². The minimum atomic E-state index is -0.362. The van der Waals surface area contributed by atoms with E-state index in [-0.39, 0.29) is 18.7 Å². The Balaban J connectivity index is 2.29. The molecule has 0 aromatic heterocycles. The van der Waals surface area contributed by atoms with E-state index in [0.29, 0.717) is 5.92 Å². The topological polar surface area (TPSA) is 61.5 Å². The zero-order valence-electron chi connectivity index (χ0n) is 8.86. The van der Waals surface area contributed by atoms with Crippen molar-refractivity contribution in [3.63, 3.8) is 0 Å². The summed E-state index contributed by atoms with van der Waals surface area (Å²) in [6, 6.07) is 0. The van der Waals surface area contributed by atoms with Crippen molar-refractivity contribution in [2.45, 2.75) is 39.2 Å². The Morgan fingerprint density at radius 1 is 1.36 bits per heavy atom. The summed E-state index contributed by atoms with van der Waals surface area (Å²) in [4.78, 5) is 15.3. The molecule has 1 aliphatic carbocycles. The van der Waals surface area contributed by atoms with Crippen LogP contribution in [0.5, 0.6) is 0 Å². The molecular weight excluding hydrogens is 182 g/mol. The monoisotopic (exact) mass is 201 g/mol. The number of carbonyl (C=O) groups excluding carboxylic acids is 1. The molecule has 3 atom stereocenters. The molecule has 0 amide bonds. The minimum absolute atomic E-state index is 0.0591. The second kappa shape index (κ2) is 5.32. The lowest BCUT2D eigenvalue weighted by Gasteiger charge is -2.31. The molecular formula is C10H19NO3. The van der Waals surface area contributed by atoms with Gasteiger partial charge in [-0.2, -0.15) is 0 Å². The van der Waals surface area contributed by atoms with E-state index >= 15 is 0 Å². The zero-order valence-corrected chi connectivity index (χ0v) is 8.86. The van der Waals surface area contributed by atoms with Crippen molar-refractivity contribution in [2.24, 2.45) is 17.7 Å². The van der Waals surface area contributed by atoms with Crippen LogP contribution in [-0.4, -0.2) is 18.7 Å². The van der Waals surface area contributed by atoms with Crippen LogP contribution in [-0.2, 0) is 14.4 Å². The van der Waals surface area contributed by atoms with Gasteiger partial charge in [0.05, 0.1) is 0 Å². The van der Waals surface area contributed by atoms with E-state index in [2.05, 4.69) is 18.7 Å². The highest BCUT2D eigenvalue weighted by Crippen LogP contribution is 2.30. The number of carbonyl (C=O) groups is 1. The number of hydrogen-bond donors (Lipinski definition) is 1. The first-order valence-electron chi connectivity index (χ1n) is 5.14. The van der Waals surface area contributed by atoms with Crippen LogP contribution in [0.15, 0.2) is 0 Å². The lowest BCUT2D eigenvalue weighted by atomic mass is 9.80. The minimum Gasteiger partial charge on any atom is -0.461 e. The van der Waals surface area contributed by atoms with Gasteiger partial charge in [0.15, 0.2) is 6.61 Å². The van der Waals surface area contributed by atoms with Gasteiger partial charge in [-0.3, -0.25) is 4.84 Å². The second-order valence-corrected chi connectivity index (χ2v) is 4.19. The van der Waals surface area contributed by atoms with Crippen LogP contribution in [0.3, 0.4) is 0 Å². The average molecular weight is 201 g/mol.